The predicted octanol–water partition coefficient (Wildman–Crippen LogP) is 2.66. The molecule has 108 valence electrons. The Kier molecular flexibility index (Phi) is 3.68. The number of carbonyl (C=O) groups excluding carboxylic acids is 1. The van der Waals surface area contributed by atoms with Gasteiger partial charge in [-0.15, -0.1) is 11.3 Å². The molecule has 0 aliphatic rings. The third-order valence-corrected chi connectivity index (χ3v) is 3.94. The van der Waals surface area contributed by atoms with E-state index in [-0.39, 0.29) is 5.91 Å². The summed E-state index contributed by atoms with van der Waals surface area (Å²) in [6.45, 7) is 1.69. The van der Waals surface area contributed by atoms with Crippen LogP contribution in [0.15, 0.2) is 29.9 Å². The highest BCUT2D eigenvalue weighted by Gasteiger charge is 2.15. The van der Waals surface area contributed by atoms with Crippen LogP contribution in [0.1, 0.15) is 6.92 Å². The molecule has 3 aromatic rings. The summed E-state index contributed by atoms with van der Waals surface area (Å²) in [7, 11) is 1.50. The summed E-state index contributed by atoms with van der Waals surface area (Å²) in [6, 6.07) is 3.87. The highest BCUT2D eigenvalue weighted by atomic mass is 32.1. The zero-order valence-corrected chi connectivity index (χ0v) is 12.4. The highest BCUT2D eigenvalue weighted by molar-refractivity contribution is 7.14. The van der Waals surface area contributed by atoms with E-state index in [0.29, 0.717) is 5.13 Å². The molecule has 0 aromatic carbocycles. The smallest absolute Gasteiger partial charge is 0.254 e. The van der Waals surface area contributed by atoms with Gasteiger partial charge >= 0.3 is 0 Å². The van der Waals surface area contributed by atoms with Crippen molar-refractivity contribution in [2.75, 3.05) is 12.4 Å². The fourth-order valence-electron chi connectivity index (χ4n) is 1.94. The molecule has 0 saturated carbocycles. The molecule has 0 aliphatic carbocycles. The topological polar surface area (TPSA) is 79.9 Å². The Balaban J connectivity index is 1.87. The van der Waals surface area contributed by atoms with Crippen LogP contribution in [0.25, 0.3) is 22.3 Å². The van der Waals surface area contributed by atoms with Gasteiger partial charge in [0.05, 0.1) is 5.69 Å². The van der Waals surface area contributed by atoms with Crippen molar-refractivity contribution < 1.29 is 9.53 Å². The number of pyridine rings is 1. The molecule has 3 aromatic heterocycles. The zero-order valence-electron chi connectivity index (χ0n) is 11.6. The Labute approximate surface area is 125 Å². The molecule has 2 N–H and O–H groups in total. The number of anilines is 1. The van der Waals surface area contributed by atoms with E-state index in [1.54, 1.807) is 13.1 Å². The molecule has 0 radical (unpaired) electrons. The number of fused-ring (bicyclic) bond motifs is 1. The maximum atomic E-state index is 11.8. The van der Waals surface area contributed by atoms with E-state index >= 15 is 0 Å². The summed E-state index contributed by atoms with van der Waals surface area (Å²) in [5.41, 5.74) is 2.59. The van der Waals surface area contributed by atoms with Crippen molar-refractivity contribution in [2.24, 2.45) is 0 Å². The lowest BCUT2D eigenvalue weighted by atomic mass is 10.2. The normalized spacial score (nSPS) is 12.5. The first kappa shape index (κ1) is 13.7. The number of H-pyrrole nitrogens is 1. The lowest BCUT2D eigenvalue weighted by Gasteiger charge is -2.07. The van der Waals surface area contributed by atoms with Gasteiger partial charge in [0.1, 0.15) is 11.8 Å². The van der Waals surface area contributed by atoms with Crippen LogP contribution in [0.5, 0.6) is 0 Å². The second-order valence-corrected chi connectivity index (χ2v) is 5.37. The van der Waals surface area contributed by atoms with Gasteiger partial charge in [-0.2, -0.15) is 0 Å². The van der Waals surface area contributed by atoms with Gasteiger partial charge in [-0.25, -0.2) is 9.97 Å². The standard InChI is InChI=1S/C14H14N4O2S/c1-8(20-2)13(19)18-14-17-11(7-21-14)10-6-16-12-9(10)4-3-5-15-12/h3-8H,1-2H3,(H,15,16)(H,17,18,19)/t8-/m0/s1. The van der Waals surface area contributed by atoms with E-state index in [0.717, 1.165) is 22.3 Å². The largest absolute Gasteiger partial charge is 0.372 e. The minimum Gasteiger partial charge on any atom is -0.372 e. The van der Waals surface area contributed by atoms with Crippen molar-refractivity contribution in [1.82, 2.24) is 15.0 Å². The van der Waals surface area contributed by atoms with Crippen LogP contribution in [-0.2, 0) is 9.53 Å². The SMILES string of the molecule is CO[C@@H](C)C(=O)Nc1nc(-c2c[nH]c3ncccc23)cs1. The van der Waals surface area contributed by atoms with Gasteiger partial charge < -0.3 is 9.72 Å². The molecular weight excluding hydrogens is 288 g/mol. The summed E-state index contributed by atoms with van der Waals surface area (Å²) < 4.78 is 4.97. The van der Waals surface area contributed by atoms with E-state index in [4.69, 9.17) is 4.74 Å². The molecule has 0 unspecified atom stereocenters. The summed E-state index contributed by atoms with van der Waals surface area (Å²) in [4.78, 5) is 23.6. The lowest BCUT2D eigenvalue weighted by molar-refractivity contribution is -0.124. The molecule has 6 nitrogen and oxygen atoms in total. The molecule has 1 atom stereocenters. The van der Waals surface area contributed by atoms with Crippen molar-refractivity contribution >= 4 is 33.4 Å². The molecule has 0 fully saturated rings. The monoisotopic (exact) mass is 302 g/mol. The molecule has 3 rings (SSSR count). The van der Waals surface area contributed by atoms with E-state index in [9.17, 15) is 4.79 Å². The Morgan fingerprint density at radius 2 is 2.38 bits per heavy atom. The third kappa shape index (κ3) is 2.65. The first-order valence-electron chi connectivity index (χ1n) is 6.40. The Bertz CT molecular complexity index is 780. The van der Waals surface area contributed by atoms with Gasteiger partial charge in [0.2, 0.25) is 0 Å². The molecular formula is C14H14N4O2S. The number of aromatic amines is 1. The van der Waals surface area contributed by atoms with Gasteiger partial charge in [0.25, 0.3) is 5.91 Å². The van der Waals surface area contributed by atoms with Gasteiger partial charge in [-0.3, -0.25) is 10.1 Å². The average molecular weight is 302 g/mol. The number of hydrogen-bond donors (Lipinski definition) is 2. The minimum absolute atomic E-state index is 0.209. The quantitative estimate of drug-likeness (QED) is 0.776. The molecule has 3 heterocycles. The molecule has 7 heteroatoms. The Morgan fingerprint density at radius 1 is 1.52 bits per heavy atom. The van der Waals surface area contributed by atoms with E-state index in [2.05, 4.69) is 20.3 Å². The number of ether oxygens (including phenoxy) is 1. The molecule has 1 amide bonds. The van der Waals surface area contributed by atoms with Gasteiger partial charge in [-0.1, -0.05) is 0 Å². The fraction of sp³-hybridized carbons (Fsp3) is 0.214. The molecule has 0 saturated heterocycles. The summed E-state index contributed by atoms with van der Waals surface area (Å²) in [5.74, 6) is -0.209. The maximum absolute atomic E-state index is 11.8. The second-order valence-electron chi connectivity index (χ2n) is 4.51. The fourth-order valence-corrected chi connectivity index (χ4v) is 2.65. The van der Waals surface area contributed by atoms with Crippen LogP contribution in [0, 0.1) is 0 Å². The molecule has 0 spiro atoms. The van der Waals surface area contributed by atoms with Crippen LogP contribution in [0.4, 0.5) is 5.13 Å². The number of amides is 1. The molecule has 0 bridgehead atoms. The third-order valence-electron chi connectivity index (χ3n) is 3.18. The number of nitrogens with zero attached hydrogens (tertiary/aromatic N) is 2. The van der Waals surface area contributed by atoms with Crippen LogP contribution in [0.2, 0.25) is 0 Å². The van der Waals surface area contributed by atoms with E-state index < -0.39 is 6.10 Å². The second kappa shape index (κ2) is 5.63. The number of aromatic nitrogens is 3. The highest BCUT2D eigenvalue weighted by Crippen LogP contribution is 2.30. The average Bonchev–Trinajstić information content (AvgIpc) is 3.12. The summed E-state index contributed by atoms with van der Waals surface area (Å²) in [6.07, 6.45) is 3.10. The van der Waals surface area contributed by atoms with Crippen molar-refractivity contribution in [1.29, 1.82) is 0 Å². The van der Waals surface area contributed by atoms with Crippen molar-refractivity contribution in [3.8, 4) is 11.3 Å². The van der Waals surface area contributed by atoms with Crippen molar-refractivity contribution in [2.45, 2.75) is 13.0 Å². The molecule has 0 aliphatic heterocycles. The first-order chi connectivity index (χ1) is 10.2. The van der Waals surface area contributed by atoms with Crippen LogP contribution < -0.4 is 5.32 Å². The number of nitrogens with one attached hydrogen (secondary N) is 2. The van der Waals surface area contributed by atoms with Crippen LogP contribution in [-0.4, -0.2) is 34.1 Å². The predicted molar refractivity (Wildman–Crippen MR) is 82.3 cm³/mol. The number of rotatable bonds is 4. The Morgan fingerprint density at radius 3 is 3.19 bits per heavy atom. The van der Waals surface area contributed by atoms with Gasteiger partial charge in [0.15, 0.2) is 5.13 Å². The minimum atomic E-state index is -0.505. The number of carbonyl (C=O) groups is 1. The number of methoxy groups -OCH3 is 1. The van der Waals surface area contributed by atoms with Gasteiger partial charge in [0, 0.05) is 35.8 Å². The Hall–Kier alpha value is -2.25. The zero-order chi connectivity index (χ0) is 14.8. The lowest BCUT2D eigenvalue weighted by Crippen LogP contribution is -2.26. The summed E-state index contributed by atoms with van der Waals surface area (Å²) >= 11 is 1.38. The van der Waals surface area contributed by atoms with E-state index in [1.165, 1.54) is 18.4 Å². The number of thiazole rings is 1. The summed E-state index contributed by atoms with van der Waals surface area (Å²) in [5, 5.41) is 6.20. The van der Waals surface area contributed by atoms with Crippen LogP contribution >= 0.6 is 11.3 Å². The van der Waals surface area contributed by atoms with Gasteiger partial charge in [-0.05, 0) is 19.1 Å². The number of hydrogen-bond acceptors (Lipinski definition) is 5. The van der Waals surface area contributed by atoms with E-state index in [1.807, 2.05) is 23.7 Å². The first-order valence-corrected chi connectivity index (χ1v) is 7.28. The van der Waals surface area contributed by atoms with Crippen molar-refractivity contribution in [3.05, 3.63) is 29.9 Å². The maximum Gasteiger partial charge on any atom is 0.254 e. The van der Waals surface area contributed by atoms with Crippen LogP contribution in [0.3, 0.4) is 0 Å². The molecule has 21 heavy (non-hydrogen) atoms. The van der Waals surface area contributed by atoms with Crippen molar-refractivity contribution in [3.63, 3.8) is 0 Å².